The van der Waals surface area contributed by atoms with E-state index in [1.807, 2.05) is 19.1 Å². The highest BCUT2D eigenvalue weighted by molar-refractivity contribution is 9.10. The Morgan fingerprint density at radius 3 is 2.62 bits per heavy atom. The molecule has 4 nitrogen and oxygen atoms in total. The van der Waals surface area contributed by atoms with E-state index in [1.165, 1.54) is 6.07 Å². The Morgan fingerprint density at radius 1 is 1.33 bits per heavy atom. The molecule has 0 amide bonds. The lowest BCUT2D eigenvalue weighted by Gasteiger charge is -2.11. The molecule has 6 heteroatoms. The largest absolute Gasteiger partial charge is 0.409 e. The van der Waals surface area contributed by atoms with Crippen LogP contribution in [0.15, 0.2) is 46.0 Å². The fraction of sp³-hybridized carbons (Fsp3) is 0.133. The minimum Gasteiger partial charge on any atom is -0.409 e. The third kappa shape index (κ3) is 3.72. The molecule has 0 aliphatic carbocycles. The quantitative estimate of drug-likeness (QED) is 0.341. The van der Waals surface area contributed by atoms with Crippen LogP contribution in [-0.2, 0) is 6.54 Å². The number of nitrogens with zero attached hydrogens (tertiary/aromatic N) is 1. The van der Waals surface area contributed by atoms with Crippen molar-refractivity contribution in [2.45, 2.75) is 13.5 Å². The smallest absolute Gasteiger partial charge is 0.170 e. The number of hydrogen-bond donors (Lipinski definition) is 3. The Morgan fingerprint density at radius 2 is 2.00 bits per heavy atom. The van der Waals surface area contributed by atoms with E-state index < -0.39 is 0 Å². The van der Waals surface area contributed by atoms with Crippen molar-refractivity contribution in [3.05, 3.63) is 63.4 Å². The van der Waals surface area contributed by atoms with E-state index in [9.17, 15) is 4.39 Å². The normalized spacial score (nSPS) is 11.5. The molecule has 2 aromatic carbocycles. The van der Waals surface area contributed by atoms with Crippen LogP contribution in [0.1, 0.15) is 16.7 Å². The van der Waals surface area contributed by atoms with Crippen LogP contribution < -0.4 is 11.1 Å². The first-order valence-corrected chi connectivity index (χ1v) is 7.07. The van der Waals surface area contributed by atoms with E-state index in [-0.39, 0.29) is 11.7 Å². The van der Waals surface area contributed by atoms with Crippen LogP contribution in [0.3, 0.4) is 0 Å². The monoisotopic (exact) mass is 351 g/mol. The molecule has 0 atom stereocenters. The molecule has 0 unspecified atom stereocenters. The molecule has 2 rings (SSSR count). The lowest BCUT2D eigenvalue weighted by atomic mass is 10.1. The van der Waals surface area contributed by atoms with Crippen LogP contribution in [0.4, 0.5) is 10.1 Å². The first-order chi connectivity index (χ1) is 10.0. The van der Waals surface area contributed by atoms with Gasteiger partial charge in [0.05, 0.1) is 4.47 Å². The van der Waals surface area contributed by atoms with Gasteiger partial charge in [0, 0.05) is 17.8 Å². The summed E-state index contributed by atoms with van der Waals surface area (Å²) in [5, 5.41) is 14.8. The summed E-state index contributed by atoms with van der Waals surface area (Å²) in [4.78, 5) is 0. The van der Waals surface area contributed by atoms with E-state index in [0.29, 0.717) is 16.6 Å². The predicted octanol–water partition coefficient (Wildman–Crippen LogP) is 3.60. The molecule has 0 saturated heterocycles. The van der Waals surface area contributed by atoms with E-state index in [0.717, 1.165) is 16.8 Å². The minimum absolute atomic E-state index is 0.0767. The number of benzene rings is 2. The molecule has 0 aromatic heterocycles. The van der Waals surface area contributed by atoms with Crippen molar-refractivity contribution < 1.29 is 9.60 Å². The first kappa shape index (κ1) is 15.3. The van der Waals surface area contributed by atoms with Crippen molar-refractivity contribution in [1.29, 1.82) is 0 Å². The predicted molar refractivity (Wildman–Crippen MR) is 85.1 cm³/mol. The summed E-state index contributed by atoms with van der Waals surface area (Å²) in [6, 6.07) is 10.5. The van der Waals surface area contributed by atoms with Crippen molar-refractivity contribution in [3.63, 3.8) is 0 Å². The van der Waals surface area contributed by atoms with Crippen molar-refractivity contribution in [2.75, 3.05) is 5.32 Å². The highest BCUT2D eigenvalue weighted by Crippen LogP contribution is 2.24. The van der Waals surface area contributed by atoms with Crippen molar-refractivity contribution in [3.8, 4) is 0 Å². The summed E-state index contributed by atoms with van der Waals surface area (Å²) in [5.74, 6) is -0.200. The maximum atomic E-state index is 13.4. The van der Waals surface area contributed by atoms with Gasteiger partial charge in [-0.05, 0) is 46.1 Å². The van der Waals surface area contributed by atoms with Crippen molar-refractivity contribution >= 4 is 27.5 Å². The zero-order chi connectivity index (χ0) is 15.4. The maximum absolute atomic E-state index is 13.4. The van der Waals surface area contributed by atoms with Gasteiger partial charge in [-0.15, -0.1) is 0 Å². The molecule has 21 heavy (non-hydrogen) atoms. The molecule has 4 N–H and O–H groups in total. The van der Waals surface area contributed by atoms with Gasteiger partial charge in [0.1, 0.15) is 5.82 Å². The molecular weight excluding hydrogens is 337 g/mol. The summed E-state index contributed by atoms with van der Waals surface area (Å²) >= 11 is 3.17. The average Bonchev–Trinajstić information content (AvgIpc) is 2.49. The summed E-state index contributed by atoms with van der Waals surface area (Å²) < 4.78 is 13.8. The number of halogens is 2. The molecular formula is C15H15BrFN3O. The number of nitrogens with two attached hydrogens (primary N) is 1. The Kier molecular flexibility index (Phi) is 4.80. The van der Waals surface area contributed by atoms with Crippen LogP contribution in [0.2, 0.25) is 0 Å². The molecule has 0 aliphatic heterocycles. The van der Waals surface area contributed by atoms with E-state index in [4.69, 9.17) is 10.9 Å². The third-order valence-corrected chi connectivity index (χ3v) is 3.72. The summed E-state index contributed by atoms with van der Waals surface area (Å²) in [5.41, 5.74) is 8.89. The van der Waals surface area contributed by atoms with Crippen LogP contribution >= 0.6 is 15.9 Å². The SMILES string of the molecule is Cc1cc(F)c(Br)cc1NCc1ccc(/C(N)=N/O)cc1. The Hall–Kier alpha value is -2.08. The number of nitrogens with one attached hydrogen (secondary N) is 1. The van der Waals surface area contributed by atoms with Crippen molar-refractivity contribution in [2.24, 2.45) is 10.9 Å². The highest BCUT2D eigenvalue weighted by atomic mass is 79.9. The highest BCUT2D eigenvalue weighted by Gasteiger charge is 2.05. The summed E-state index contributed by atoms with van der Waals surface area (Å²) in [6.45, 7) is 2.44. The topological polar surface area (TPSA) is 70.6 Å². The van der Waals surface area contributed by atoms with Gasteiger partial charge in [-0.25, -0.2) is 4.39 Å². The van der Waals surface area contributed by atoms with Gasteiger partial charge in [-0.1, -0.05) is 29.4 Å². The Balaban J connectivity index is 2.08. The molecule has 0 heterocycles. The van der Waals surface area contributed by atoms with Gasteiger partial charge in [0.25, 0.3) is 0 Å². The molecule has 110 valence electrons. The molecule has 0 radical (unpaired) electrons. The number of aryl methyl sites for hydroxylation is 1. The van der Waals surface area contributed by atoms with E-state index >= 15 is 0 Å². The second-order valence-corrected chi connectivity index (χ2v) is 5.47. The summed E-state index contributed by atoms with van der Waals surface area (Å²) in [7, 11) is 0. The lowest BCUT2D eigenvalue weighted by molar-refractivity contribution is 0.318. The fourth-order valence-electron chi connectivity index (χ4n) is 1.89. The van der Waals surface area contributed by atoms with Gasteiger partial charge in [-0.3, -0.25) is 0 Å². The molecule has 0 spiro atoms. The number of rotatable bonds is 4. The molecule has 0 fully saturated rings. The first-order valence-electron chi connectivity index (χ1n) is 6.27. The van der Waals surface area contributed by atoms with Crippen molar-refractivity contribution in [1.82, 2.24) is 0 Å². The van der Waals surface area contributed by atoms with E-state index in [2.05, 4.69) is 26.4 Å². The number of oxime groups is 1. The maximum Gasteiger partial charge on any atom is 0.170 e. The van der Waals surface area contributed by atoms with Crippen LogP contribution in [0, 0.1) is 12.7 Å². The summed E-state index contributed by atoms with van der Waals surface area (Å²) in [6.07, 6.45) is 0. The van der Waals surface area contributed by atoms with E-state index in [1.54, 1.807) is 18.2 Å². The third-order valence-electron chi connectivity index (χ3n) is 3.11. The fourth-order valence-corrected chi connectivity index (χ4v) is 2.23. The molecule has 0 bridgehead atoms. The number of anilines is 1. The van der Waals surface area contributed by atoms with Crippen LogP contribution in [0.25, 0.3) is 0 Å². The lowest BCUT2D eigenvalue weighted by Crippen LogP contribution is -2.13. The van der Waals surface area contributed by atoms with Crippen LogP contribution in [0.5, 0.6) is 0 Å². The second-order valence-electron chi connectivity index (χ2n) is 4.62. The number of amidine groups is 1. The zero-order valence-corrected chi connectivity index (χ0v) is 13.0. The minimum atomic E-state index is -0.277. The zero-order valence-electron chi connectivity index (χ0n) is 11.4. The van der Waals surface area contributed by atoms with Gasteiger partial charge >= 0.3 is 0 Å². The van der Waals surface area contributed by atoms with Gasteiger partial charge in [0.15, 0.2) is 5.84 Å². The van der Waals surface area contributed by atoms with Gasteiger partial charge in [-0.2, -0.15) is 0 Å². The molecule has 0 saturated carbocycles. The standard InChI is InChI=1S/C15H15BrFN3O/c1-9-6-13(17)12(16)7-14(9)19-8-10-2-4-11(5-3-10)15(18)20-21/h2-7,19,21H,8H2,1H3,(H2,18,20). The molecule has 2 aromatic rings. The average molecular weight is 352 g/mol. The second kappa shape index (κ2) is 6.58. The van der Waals surface area contributed by atoms with Crippen LogP contribution in [-0.4, -0.2) is 11.0 Å². The van der Waals surface area contributed by atoms with Gasteiger partial charge < -0.3 is 16.3 Å². The van der Waals surface area contributed by atoms with Gasteiger partial charge in [0.2, 0.25) is 0 Å². The molecule has 0 aliphatic rings. The number of hydrogen-bond acceptors (Lipinski definition) is 3. The Bertz CT molecular complexity index is 671. The Labute approximate surface area is 130 Å².